The third-order valence-electron chi connectivity index (χ3n) is 6.94. The highest BCUT2D eigenvalue weighted by Gasteiger charge is 2.43. The average molecular weight is 362 g/mol. The number of piperidine rings is 1. The second-order valence-corrected chi connectivity index (χ2v) is 8.92. The van der Waals surface area contributed by atoms with Gasteiger partial charge >= 0.3 is 0 Å². The van der Waals surface area contributed by atoms with Gasteiger partial charge in [0.25, 0.3) is 0 Å². The largest absolute Gasteiger partial charge is 0.392 e. The van der Waals surface area contributed by atoms with Gasteiger partial charge in [-0.15, -0.1) is 0 Å². The van der Waals surface area contributed by atoms with Crippen molar-refractivity contribution in [1.82, 2.24) is 5.32 Å². The summed E-state index contributed by atoms with van der Waals surface area (Å²) in [6, 6.07) is 0. The van der Waals surface area contributed by atoms with Gasteiger partial charge in [-0.25, -0.2) is 0 Å². The van der Waals surface area contributed by atoms with Crippen LogP contribution in [0.5, 0.6) is 0 Å². The lowest BCUT2D eigenvalue weighted by Crippen LogP contribution is -2.27. The Morgan fingerprint density at radius 2 is 2.08 bits per heavy atom. The number of hydrogen-bond donors (Lipinski definition) is 3. The lowest BCUT2D eigenvalue weighted by atomic mass is 9.87. The molecule has 3 heteroatoms. The molecule has 0 aromatic heterocycles. The van der Waals surface area contributed by atoms with Crippen LogP contribution < -0.4 is 5.32 Å². The number of unbranched alkanes of at least 4 members (excludes halogenated alkanes) is 2. The molecule has 1 saturated heterocycles. The fourth-order valence-electron chi connectivity index (χ4n) is 5.31. The zero-order chi connectivity index (χ0) is 18.4. The van der Waals surface area contributed by atoms with Crippen LogP contribution in [0.25, 0.3) is 0 Å². The Bertz CT molecular complexity index is 481. The van der Waals surface area contributed by atoms with Crippen molar-refractivity contribution < 1.29 is 10.2 Å². The third-order valence-corrected chi connectivity index (χ3v) is 6.94. The lowest BCUT2D eigenvalue weighted by Gasteiger charge is -2.23. The summed E-state index contributed by atoms with van der Waals surface area (Å²) in [7, 11) is 0. The highest BCUT2D eigenvalue weighted by atomic mass is 16.3. The Hall–Kier alpha value is -0.640. The van der Waals surface area contributed by atoms with Crippen molar-refractivity contribution in [3.63, 3.8) is 0 Å². The molecule has 2 fully saturated rings. The minimum atomic E-state index is -0.346. The molecular formula is C23H39NO2. The van der Waals surface area contributed by atoms with Gasteiger partial charge in [0.1, 0.15) is 0 Å². The second-order valence-electron chi connectivity index (χ2n) is 8.92. The molecule has 0 aromatic rings. The summed E-state index contributed by atoms with van der Waals surface area (Å²) in [5.74, 6) is 2.25. The van der Waals surface area contributed by atoms with Crippen LogP contribution in [0.15, 0.2) is 23.8 Å². The summed E-state index contributed by atoms with van der Waals surface area (Å²) in [5.41, 5.74) is 1.63. The van der Waals surface area contributed by atoms with E-state index in [1.165, 1.54) is 51.6 Å². The van der Waals surface area contributed by atoms with E-state index >= 15 is 0 Å². The topological polar surface area (TPSA) is 52.5 Å². The first-order chi connectivity index (χ1) is 12.7. The molecule has 0 bridgehead atoms. The van der Waals surface area contributed by atoms with Gasteiger partial charge in [-0.2, -0.15) is 0 Å². The van der Waals surface area contributed by atoms with Gasteiger partial charge in [0, 0.05) is 5.92 Å². The Morgan fingerprint density at radius 3 is 2.85 bits per heavy atom. The number of hydrogen-bond acceptors (Lipinski definition) is 3. The number of rotatable bonds is 9. The third kappa shape index (κ3) is 5.43. The summed E-state index contributed by atoms with van der Waals surface area (Å²) >= 11 is 0. The fraction of sp³-hybridized carbons (Fsp3) is 0.826. The van der Waals surface area contributed by atoms with E-state index in [0.717, 1.165) is 31.6 Å². The van der Waals surface area contributed by atoms with Crippen molar-refractivity contribution in [2.45, 2.75) is 83.3 Å². The molecule has 148 valence electrons. The van der Waals surface area contributed by atoms with Gasteiger partial charge in [0.15, 0.2) is 0 Å². The molecule has 3 rings (SSSR count). The molecule has 3 nitrogen and oxygen atoms in total. The first-order valence-electron chi connectivity index (χ1n) is 11.1. The number of aliphatic hydroxyl groups excluding tert-OH is 2. The van der Waals surface area contributed by atoms with E-state index in [2.05, 4.69) is 24.4 Å². The van der Waals surface area contributed by atoms with E-state index in [1.54, 1.807) is 5.57 Å². The minimum Gasteiger partial charge on any atom is -0.392 e. The van der Waals surface area contributed by atoms with E-state index < -0.39 is 0 Å². The molecule has 2 aliphatic carbocycles. The fourth-order valence-corrected chi connectivity index (χ4v) is 5.31. The van der Waals surface area contributed by atoms with Crippen LogP contribution in [0.2, 0.25) is 0 Å². The summed E-state index contributed by atoms with van der Waals surface area (Å²) in [6.45, 7) is 4.57. The molecule has 0 unspecified atom stereocenters. The van der Waals surface area contributed by atoms with Crippen LogP contribution >= 0.6 is 0 Å². The van der Waals surface area contributed by atoms with Gasteiger partial charge in [-0.3, -0.25) is 0 Å². The van der Waals surface area contributed by atoms with Crippen LogP contribution in [0.1, 0.15) is 71.1 Å². The number of allylic oxidation sites excluding steroid dienone is 2. The summed E-state index contributed by atoms with van der Waals surface area (Å²) < 4.78 is 0. The van der Waals surface area contributed by atoms with E-state index in [-0.39, 0.29) is 18.1 Å². The number of aliphatic hydroxyl groups is 2. The van der Waals surface area contributed by atoms with Gasteiger partial charge < -0.3 is 15.5 Å². The minimum absolute atomic E-state index is 0.230. The highest BCUT2D eigenvalue weighted by molar-refractivity contribution is 5.21. The molecule has 0 radical (unpaired) electrons. The molecule has 3 N–H and O–H groups in total. The Balaban J connectivity index is 1.46. The standard InChI is InChI=1S/C23H39NO2/c1-2-3-4-5-20(25)8-9-21-22-15-18(14-19(22)16-23(21)26)7-6-17-10-12-24-13-11-17/h8-9,14,17,19-26H,2-7,10-13,15-16H2,1H3/t19-,20-,21+,22-,23+/m0/s1. The first-order valence-corrected chi connectivity index (χ1v) is 11.1. The van der Waals surface area contributed by atoms with Crippen molar-refractivity contribution in [2.24, 2.45) is 23.7 Å². The molecule has 3 aliphatic rings. The Labute approximate surface area is 160 Å². The van der Waals surface area contributed by atoms with Crippen molar-refractivity contribution in [3.05, 3.63) is 23.8 Å². The smallest absolute Gasteiger partial charge is 0.0721 e. The maximum atomic E-state index is 10.5. The first kappa shape index (κ1) is 20.1. The van der Waals surface area contributed by atoms with Crippen LogP contribution in [0.3, 0.4) is 0 Å². The summed E-state index contributed by atoms with van der Waals surface area (Å²) in [6.07, 6.45) is 17.6. The van der Waals surface area contributed by atoms with Crippen molar-refractivity contribution in [2.75, 3.05) is 13.1 Å². The van der Waals surface area contributed by atoms with Gasteiger partial charge in [-0.05, 0) is 75.8 Å². The molecule has 0 amide bonds. The molecule has 26 heavy (non-hydrogen) atoms. The molecule has 0 spiro atoms. The van der Waals surface area contributed by atoms with E-state index in [9.17, 15) is 10.2 Å². The number of fused-ring (bicyclic) bond motifs is 1. The number of nitrogens with one attached hydrogen (secondary N) is 1. The zero-order valence-electron chi connectivity index (χ0n) is 16.6. The predicted octanol–water partition coefficient (Wildman–Crippen LogP) is 4.21. The predicted molar refractivity (Wildman–Crippen MR) is 108 cm³/mol. The maximum Gasteiger partial charge on any atom is 0.0721 e. The quantitative estimate of drug-likeness (QED) is 0.426. The molecule has 0 aromatic carbocycles. The van der Waals surface area contributed by atoms with Crippen LogP contribution in [0, 0.1) is 23.7 Å². The van der Waals surface area contributed by atoms with Gasteiger partial charge in [0.05, 0.1) is 12.2 Å². The Morgan fingerprint density at radius 1 is 1.27 bits per heavy atom. The molecule has 1 saturated carbocycles. The monoisotopic (exact) mass is 361 g/mol. The highest BCUT2D eigenvalue weighted by Crippen LogP contribution is 2.48. The molecule has 1 heterocycles. The van der Waals surface area contributed by atoms with Crippen LogP contribution in [-0.4, -0.2) is 35.5 Å². The molecule has 5 atom stereocenters. The van der Waals surface area contributed by atoms with E-state index in [1.807, 2.05) is 6.08 Å². The average Bonchev–Trinajstić information content (AvgIpc) is 3.16. The second kappa shape index (κ2) is 10.1. The van der Waals surface area contributed by atoms with Crippen molar-refractivity contribution >= 4 is 0 Å². The van der Waals surface area contributed by atoms with Crippen molar-refractivity contribution in [3.8, 4) is 0 Å². The van der Waals surface area contributed by atoms with E-state index in [4.69, 9.17) is 0 Å². The Kier molecular flexibility index (Phi) is 7.77. The van der Waals surface area contributed by atoms with E-state index in [0.29, 0.717) is 11.8 Å². The van der Waals surface area contributed by atoms with Crippen LogP contribution in [0.4, 0.5) is 0 Å². The summed E-state index contributed by atoms with van der Waals surface area (Å²) in [5, 5.41) is 24.1. The maximum absolute atomic E-state index is 10.5. The normalized spacial score (nSPS) is 33.6. The van der Waals surface area contributed by atoms with Gasteiger partial charge in [0.2, 0.25) is 0 Å². The lowest BCUT2D eigenvalue weighted by molar-refractivity contribution is 0.139. The van der Waals surface area contributed by atoms with Crippen molar-refractivity contribution in [1.29, 1.82) is 0 Å². The molecule has 1 aliphatic heterocycles. The SMILES string of the molecule is CCCCC[C@H](O)C=C[C@@H]1[C@H]2CC(CCC3CCNCC3)=C[C@H]2C[C@H]1O. The van der Waals surface area contributed by atoms with Gasteiger partial charge in [-0.1, -0.05) is 50.0 Å². The molecular weight excluding hydrogens is 322 g/mol. The zero-order valence-corrected chi connectivity index (χ0v) is 16.6. The summed E-state index contributed by atoms with van der Waals surface area (Å²) in [4.78, 5) is 0. The van der Waals surface area contributed by atoms with Crippen LogP contribution in [-0.2, 0) is 0 Å².